The van der Waals surface area contributed by atoms with E-state index in [-0.39, 0.29) is 72.9 Å². The van der Waals surface area contributed by atoms with Crippen molar-refractivity contribution in [3.8, 4) is 0 Å². The van der Waals surface area contributed by atoms with E-state index in [9.17, 15) is 49.8 Å². The Morgan fingerprint density at radius 1 is 0.452 bits per heavy atom. The lowest BCUT2D eigenvalue weighted by Crippen LogP contribution is -2.23. The molecule has 0 radical (unpaired) electrons. The number of Topliss-reactive ketones (excluding diaryl/α,β-unsaturated/α-hetero) is 2. The highest BCUT2D eigenvalue weighted by Crippen LogP contribution is 2.43. The lowest BCUT2D eigenvalue weighted by Gasteiger charge is -2.24. The highest BCUT2D eigenvalue weighted by molar-refractivity contribution is 7.19. The van der Waals surface area contributed by atoms with Crippen LogP contribution in [0.1, 0.15) is 196 Å². The number of rotatable bonds is 36. The highest BCUT2D eigenvalue weighted by atomic mass is 32.1. The molecule has 15 nitrogen and oxygen atoms in total. The second-order valence-corrected chi connectivity index (χ2v) is 31.0. The van der Waals surface area contributed by atoms with Gasteiger partial charge < -0.3 is 45.8 Å². The minimum atomic E-state index is -0.577. The first-order valence-electron chi connectivity index (χ1n) is 37.5. The van der Waals surface area contributed by atoms with Gasteiger partial charge in [0.1, 0.15) is 24.8 Å². The van der Waals surface area contributed by atoms with E-state index in [0.717, 1.165) is 149 Å². The largest absolute Gasteiger partial charge is 0.461 e. The van der Waals surface area contributed by atoms with Crippen molar-refractivity contribution in [1.29, 1.82) is 0 Å². The third kappa shape index (κ3) is 21.2. The SMILES string of the molecule is CCC(C(=O)Cc1ccc2cnccc2c1)c1ccc(COC(=O)CCCCCC[C@@H]2[C@@H](CC[C@@H](O)c3cc4ccccc4s3)[C@H](O)C[C@@H]2O)cc1.NCC(C(=O)Cc1ccc2cnccc2c1)c1ccc(COC(=O)CCCCCC[C@@H]2[C@@H](CC[C@@H](O)c3cc4ccccc4s3)[C@H](O)C[C@@H]2O)cc1. The molecule has 12 atom stereocenters. The first kappa shape index (κ1) is 77.2. The molecular weight excluding hydrogens is 1340 g/mol. The summed E-state index contributed by atoms with van der Waals surface area (Å²) in [5.74, 6) is -0.831. The molecule has 4 aromatic heterocycles. The van der Waals surface area contributed by atoms with Crippen LogP contribution in [0.5, 0.6) is 0 Å². The van der Waals surface area contributed by atoms with Crippen LogP contribution in [-0.2, 0) is 54.7 Å². The molecule has 0 bridgehead atoms. The van der Waals surface area contributed by atoms with Gasteiger partial charge >= 0.3 is 11.9 Å². The van der Waals surface area contributed by atoms with Gasteiger partial charge in [0.2, 0.25) is 0 Å². The number of unbranched alkanes of at least 4 members (excludes halogenated alkanes) is 6. The molecule has 2 aliphatic carbocycles. The van der Waals surface area contributed by atoms with E-state index in [1.165, 1.54) is 0 Å². The fourth-order valence-electron chi connectivity index (χ4n) is 15.7. The smallest absolute Gasteiger partial charge is 0.306 e. The second-order valence-electron chi connectivity index (χ2n) is 28.8. The summed E-state index contributed by atoms with van der Waals surface area (Å²) in [5.41, 5.74) is 11.6. The van der Waals surface area contributed by atoms with Gasteiger partial charge in [-0.05, 0) is 186 Å². The van der Waals surface area contributed by atoms with E-state index in [4.69, 9.17) is 15.2 Å². The number of benzene rings is 6. The number of hydrogen-bond acceptors (Lipinski definition) is 17. The molecule has 6 aromatic carbocycles. The average Bonchev–Trinajstić information content (AvgIpc) is 1.56. The Labute approximate surface area is 618 Å². The summed E-state index contributed by atoms with van der Waals surface area (Å²) in [5, 5.41) is 71.0. The number of esters is 2. The average molecular weight is 1440 g/mol. The number of pyridine rings is 2. The zero-order valence-corrected chi connectivity index (χ0v) is 61.3. The standard InChI is InChI=1S/C44H51NO6S.C43H50N2O6S/c1-2-35(39(47)24-30-15-18-34-27-45-22-21-32(34)23-30)31-16-13-29(14-17-31)28-51-44(50)12-6-4-3-5-10-36-37(41(49)26-40(36)48)19-20-38(46)43-25-33-9-7-8-11-42(33)52-43;44-25-36(38(47)22-29-13-16-33-26-45-20-19-31(33)21-29)30-14-11-28(12-15-30)27-51-43(50)10-4-2-1-3-8-34-35(40(49)24-39(34)48)17-18-37(46)42-23-32-7-5-6-9-41(32)52-42/h7-9,11,13-18,21-23,25,27,35-38,40-41,46,48-49H,2-6,10,12,19-20,24,26,28H2,1H3;5-7,9,11-16,19-21,23,26,34-37,39-40,46,48-49H,1-4,8,10,17-18,22,24-25,27,44H2/t35?,36-,37-,38-,40+,41-;34-,35-,36?,37-,39+,40-/m11/s1. The van der Waals surface area contributed by atoms with Crippen LogP contribution in [0.2, 0.25) is 0 Å². The van der Waals surface area contributed by atoms with E-state index in [1.807, 2.05) is 134 Å². The quantitative estimate of drug-likeness (QED) is 0.0142. The Morgan fingerprint density at radius 2 is 0.846 bits per heavy atom. The normalized spacial score (nSPS) is 19.9. The molecule has 10 aromatic rings. The van der Waals surface area contributed by atoms with E-state index < -0.39 is 42.5 Å². The van der Waals surface area contributed by atoms with Crippen LogP contribution in [0.4, 0.5) is 0 Å². The van der Waals surface area contributed by atoms with Crippen LogP contribution in [0.3, 0.4) is 0 Å². The minimum absolute atomic E-state index is 0.0155. The number of carbonyl (C=O) groups excluding carboxylic acids is 4. The first-order chi connectivity index (χ1) is 50.6. The second kappa shape index (κ2) is 38.4. The van der Waals surface area contributed by atoms with Gasteiger partial charge in [-0.2, -0.15) is 0 Å². The maximum Gasteiger partial charge on any atom is 0.306 e. The van der Waals surface area contributed by atoms with Gasteiger partial charge in [-0.15, -0.1) is 22.7 Å². The maximum atomic E-state index is 13.3. The van der Waals surface area contributed by atoms with E-state index >= 15 is 0 Å². The molecule has 104 heavy (non-hydrogen) atoms. The minimum Gasteiger partial charge on any atom is -0.461 e. The number of fused-ring (bicyclic) bond motifs is 4. The van der Waals surface area contributed by atoms with Crippen molar-refractivity contribution in [2.75, 3.05) is 6.54 Å². The predicted octanol–water partition coefficient (Wildman–Crippen LogP) is 16.6. The molecule has 17 heteroatoms. The molecule has 0 saturated heterocycles. The van der Waals surface area contributed by atoms with E-state index in [2.05, 4.69) is 46.4 Å². The molecule has 4 heterocycles. The topological polar surface area (TPSA) is 260 Å². The zero-order valence-electron chi connectivity index (χ0n) is 59.6. The highest BCUT2D eigenvalue weighted by Gasteiger charge is 2.42. The summed E-state index contributed by atoms with van der Waals surface area (Å²) < 4.78 is 13.4. The number of thiophene rings is 2. The van der Waals surface area contributed by atoms with E-state index in [0.29, 0.717) is 70.6 Å². The summed E-state index contributed by atoms with van der Waals surface area (Å²) in [7, 11) is 0. The first-order valence-corrected chi connectivity index (χ1v) is 39.2. The van der Waals surface area contributed by atoms with Gasteiger partial charge in [0.25, 0.3) is 0 Å². The van der Waals surface area contributed by atoms with Crippen LogP contribution in [0, 0.1) is 23.7 Å². The van der Waals surface area contributed by atoms with Gasteiger partial charge in [-0.3, -0.25) is 29.1 Å². The third-order valence-corrected chi connectivity index (χ3v) is 24.1. The molecule has 12 rings (SSSR count). The van der Waals surface area contributed by atoms with Gasteiger partial charge in [0.15, 0.2) is 0 Å². The van der Waals surface area contributed by atoms with Crippen molar-refractivity contribution < 1.29 is 59.3 Å². The molecule has 0 spiro atoms. The van der Waals surface area contributed by atoms with E-state index in [1.54, 1.807) is 41.3 Å². The summed E-state index contributed by atoms with van der Waals surface area (Å²) in [6.45, 7) is 2.63. The van der Waals surface area contributed by atoms with Gasteiger partial charge in [0, 0.05) is 92.9 Å². The lowest BCUT2D eigenvalue weighted by atomic mass is 9.84. The molecule has 548 valence electrons. The monoisotopic (exact) mass is 1440 g/mol. The lowest BCUT2D eigenvalue weighted by molar-refractivity contribution is -0.146. The number of aromatic nitrogens is 2. The zero-order chi connectivity index (χ0) is 72.9. The molecule has 0 aliphatic heterocycles. The molecule has 2 aliphatic rings. The summed E-state index contributed by atoms with van der Waals surface area (Å²) >= 11 is 3.22. The number of aliphatic hydroxyl groups is 6. The molecular formula is C87H101N3O12S2. The van der Waals surface area contributed by atoms with Crippen LogP contribution < -0.4 is 5.73 Å². The molecule has 8 N–H and O–H groups in total. The summed E-state index contributed by atoms with van der Waals surface area (Å²) in [6, 6.07) is 51.6. The third-order valence-electron chi connectivity index (χ3n) is 21.6. The Morgan fingerprint density at radius 3 is 1.27 bits per heavy atom. The van der Waals surface area contributed by atoms with Crippen LogP contribution in [0.15, 0.2) is 183 Å². The van der Waals surface area contributed by atoms with Crippen molar-refractivity contribution in [3.05, 3.63) is 226 Å². The summed E-state index contributed by atoms with van der Waals surface area (Å²) in [4.78, 5) is 61.6. The predicted molar refractivity (Wildman–Crippen MR) is 413 cm³/mol. The Hall–Kier alpha value is -7.94. The van der Waals surface area contributed by atoms with Crippen LogP contribution >= 0.6 is 22.7 Å². The van der Waals surface area contributed by atoms with Crippen molar-refractivity contribution in [1.82, 2.24) is 9.97 Å². The van der Waals surface area contributed by atoms with Crippen molar-refractivity contribution in [2.45, 2.75) is 203 Å². The molecule has 0 amide bonds. The fraction of sp³-hybridized carbons (Fsp3) is 0.425. The van der Waals surface area contributed by atoms with Gasteiger partial charge in [0.05, 0.1) is 42.5 Å². The number of hydrogen-bond donors (Lipinski definition) is 7. The molecule has 2 unspecified atom stereocenters. The fourth-order valence-corrected chi connectivity index (χ4v) is 17.9. The number of ketones is 2. The number of ether oxygens (including phenoxy) is 2. The van der Waals surface area contributed by atoms with Crippen molar-refractivity contribution in [2.24, 2.45) is 29.4 Å². The maximum absolute atomic E-state index is 13.3. The Kier molecular flexibility index (Phi) is 28.5. The number of nitrogens with two attached hydrogens (primary N) is 1. The van der Waals surface area contributed by atoms with Crippen molar-refractivity contribution in [3.63, 3.8) is 0 Å². The molecule has 2 fully saturated rings. The van der Waals surface area contributed by atoms with Gasteiger partial charge in [-0.1, -0.05) is 167 Å². The summed E-state index contributed by atoms with van der Waals surface area (Å²) in [6.07, 6.45) is 17.8. The Bertz CT molecular complexity index is 4060. The number of nitrogens with zero attached hydrogens (tertiary/aromatic N) is 2. The van der Waals surface area contributed by atoms with Gasteiger partial charge in [-0.25, -0.2) is 0 Å². The Balaban J connectivity index is 0.000000208. The van der Waals surface area contributed by atoms with Crippen LogP contribution in [-0.4, -0.2) is 95.1 Å². The number of aliphatic hydroxyl groups excluding tert-OH is 6. The van der Waals surface area contributed by atoms with Crippen molar-refractivity contribution >= 4 is 87.9 Å². The molecule has 2 saturated carbocycles. The van der Waals surface area contributed by atoms with Crippen LogP contribution in [0.25, 0.3) is 41.7 Å². The number of carbonyl (C=O) groups is 4.